The Kier molecular flexibility index (Phi) is 10.9. The molecule has 0 aromatic rings. The Bertz CT molecular complexity index is 1430. The van der Waals surface area contributed by atoms with Crippen LogP contribution in [-0.2, 0) is 14.3 Å². The van der Waals surface area contributed by atoms with E-state index in [1.807, 2.05) is 0 Å². The molecule has 55 heavy (non-hydrogen) atoms. The lowest BCUT2D eigenvalue weighted by molar-refractivity contribution is -0.182. The van der Waals surface area contributed by atoms with Gasteiger partial charge in [-0.1, -0.05) is 41.5 Å². The van der Waals surface area contributed by atoms with E-state index in [1.165, 1.54) is 32.1 Å². The number of aliphatic carboxylic acids is 1. The SMILES string of the molecule is C[C@H](CCC(=O)O[C@@H]1CC[C@@]2(C)[C@H](CC[C@@H]3[C@@H]2C[C@H](O)[C@]2(C)[C@@H]([C@H](C)CCC(=O)O)CC[C@@H]32)C1)[C@H]1CCC2C3CC[C@@H]4C[C@H](O)CC[C@]4(C)C3C[C@H](O)[C@@]21C. The second-order valence-corrected chi connectivity index (χ2v) is 22.7. The summed E-state index contributed by atoms with van der Waals surface area (Å²) in [5.41, 5.74) is 0.199. The first-order valence-electron chi connectivity index (χ1n) is 23.5. The van der Waals surface area contributed by atoms with Gasteiger partial charge in [0.1, 0.15) is 6.10 Å². The maximum absolute atomic E-state index is 13.5. The van der Waals surface area contributed by atoms with Crippen LogP contribution < -0.4 is 0 Å². The van der Waals surface area contributed by atoms with Gasteiger partial charge in [-0.05, 0) is 208 Å². The minimum Gasteiger partial charge on any atom is -0.481 e. The number of ether oxygens (including phenoxy) is 1. The number of aliphatic hydroxyl groups is 3. The minimum absolute atomic E-state index is 0.00923. The van der Waals surface area contributed by atoms with E-state index in [0.29, 0.717) is 83.9 Å². The van der Waals surface area contributed by atoms with E-state index in [0.717, 1.165) is 77.0 Å². The first kappa shape index (κ1) is 40.6. The van der Waals surface area contributed by atoms with Gasteiger partial charge in [0, 0.05) is 12.8 Å². The molecule has 8 saturated carbocycles. The van der Waals surface area contributed by atoms with Gasteiger partial charge in [-0.2, -0.15) is 0 Å². The third-order valence-electron chi connectivity index (χ3n) is 20.9. The van der Waals surface area contributed by atoms with Gasteiger partial charge in [0.25, 0.3) is 0 Å². The van der Waals surface area contributed by atoms with E-state index in [4.69, 9.17) is 4.74 Å². The van der Waals surface area contributed by atoms with Crippen molar-refractivity contribution in [2.24, 2.45) is 92.7 Å². The van der Waals surface area contributed by atoms with Crippen molar-refractivity contribution in [1.29, 1.82) is 0 Å². The lowest BCUT2D eigenvalue weighted by atomic mass is 9.43. The molecular weight excluding hydrogens is 689 g/mol. The van der Waals surface area contributed by atoms with Crippen molar-refractivity contribution < 1.29 is 34.8 Å². The minimum atomic E-state index is -0.720. The van der Waals surface area contributed by atoms with E-state index in [-0.39, 0.29) is 58.5 Å². The summed E-state index contributed by atoms with van der Waals surface area (Å²) in [5.74, 6) is 5.27. The molecule has 7 nitrogen and oxygen atoms in total. The van der Waals surface area contributed by atoms with Crippen molar-refractivity contribution >= 4 is 11.9 Å². The molecule has 0 aromatic carbocycles. The molecule has 0 spiro atoms. The van der Waals surface area contributed by atoms with Gasteiger partial charge < -0.3 is 25.2 Å². The summed E-state index contributed by atoms with van der Waals surface area (Å²) in [6, 6.07) is 0. The van der Waals surface area contributed by atoms with E-state index in [2.05, 4.69) is 41.5 Å². The molecular formula is C48H78O7. The molecule has 8 aliphatic rings. The van der Waals surface area contributed by atoms with Crippen molar-refractivity contribution in [3.8, 4) is 0 Å². The molecule has 0 heterocycles. The zero-order valence-corrected chi connectivity index (χ0v) is 35.4. The maximum atomic E-state index is 13.5. The van der Waals surface area contributed by atoms with Gasteiger partial charge in [-0.25, -0.2) is 0 Å². The van der Waals surface area contributed by atoms with Gasteiger partial charge in [0.2, 0.25) is 0 Å². The number of hydrogen-bond acceptors (Lipinski definition) is 6. The molecule has 8 aliphatic carbocycles. The highest BCUT2D eigenvalue weighted by molar-refractivity contribution is 5.69. The van der Waals surface area contributed by atoms with Gasteiger partial charge >= 0.3 is 11.9 Å². The highest BCUT2D eigenvalue weighted by Crippen LogP contribution is 2.70. The molecule has 8 fully saturated rings. The van der Waals surface area contributed by atoms with Crippen molar-refractivity contribution in [3.05, 3.63) is 0 Å². The van der Waals surface area contributed by atoms with Crippen LogP contribution in [-0.4, -0.2) is 56.8 Å². The van der Waals surface area contributed by atoms with Crippen LogP contribution in [0.4, 0.5) is 0 Å². The lowest BCUT2D eigenvalue weighted by Gasteiger charge is -2.62. The highest BCUT2D eigenvalue weighted by atomic mass is 16.5. The standard InChI is InChI=1S/C48H78O7/c1-27(7-17-43(52)53)35-13-15-38-34-12-10-30-24-32(20-22-46(30,4)40(34)26-42(51)47(35,38)5)55-44(54)18-8-28(2)36-14-16-37-33-11-9-29-23-31(49)19-21-45(29,3)39(33)25-41(50)48(36,37)6/h27-42,49-51H,7-26H2,1-6H3,(H,52,53)/t27-,28-,29-,30-,31-,32-,33?,34+,35-,36-,37?,38+,39?,40+,41+,42+,45+,46+,47-,48-/m1/s1. The van der Waals surface area contributed by atoms with E-state index < -0.39 is 5.97 Å². The van der Waals surface area contributed by atoms with E-state index in [9.17, 15) is 30.0 Å². The maximum Gasteiger partial charge on any atom is 0.306 e. The summed E-state index contributed by atoms with van der Waals surface area (Å²) in [4.78, 5) is 24.9. The average molecular weight is 767 g/mol. The predicted molar refractivity (Wildman–Crippen MR) is 214 cm³/mol. The van der Waals surface area contributed by atoms with E-state index >= 15 is 0 Å². The number of rotatable bonds is 9. The summed E-state index contributed by atoms with van der Waals surface area (Å²) < 4.78 is 6.32. The summed E-state index contributed by atoms with van der Waals surface area (Å²) in [6.07, 6.45) is 18.5. The quantitative estimate of drug-likeness (QED) is 0.173. The number of carbonyl (C=O) groups is 2. The Morgan fingerprint density at radius 1 is 0.600 bits per heavy atom. The number of carbonyl (C=O) groups excluding carboxylic acids is 1. The van der Waals surface area contributed by atoms with Crippen LogP contribution in [0.2, 0.25) is 0 Å². The number of aliphatic hydroxyl groups excluding tert-OH is 3. The first-order valence-corrected chi connectivity index (χ1v) is 23.5. The van der Waals surface area contributed by atoms with Crippen LogP contribution in [0.25, 0.3) is 0 Å². The van der Waals surface area contributed by atoms with Crippen LogP contribution in [0.3, 0.4) is 0 Å². The Morgan fingerprint density at radius 3 is 1.62 bits per heavy atom. The largest absolute Gasteiger partial charge is 0.481 e. The number of carboxylic acid groups (broad SMARTS) is 1. The molecule has 0 aromatic heterocycles. The highest BCUT2D eigenvalue weighted by Gasteiger charge is 2.65. The van der Waals surface area contributed by atoms with Gasteiger partial charge in [0.05, 0.1) is 18.3 Å². The Morgan fingerprint density at radius 2 is 1.09 bits per heavy atom. The normalized spacial score (nSPS) is 52.7. The van der Waals surface area contributed by atoms with Crippen LogP contribution >= 0.6 is 0 Å². The Labute approximate surface area is 332 Å². The van der Waals surface area contributed by atoms with Crippen molar-refractivity contribution in [1.82, 2.24) is 0 Å². The monoisotopic (exact) mass is 767 g/mol. The summed E-state index contributed by atoms with van der Waals surface area (Å²) in [5, 5.41) is 43.7. The zero-order chi connectivity index (χ0) is 39.2. The number of fused-ring (bicyclic) bond motifs is 10. The molecule has 4 N–H and O–H groups in total. The molecule has 312 valence electrons. The van der Waals surface area contributed by atoms with Crippen molar-refractivity contribution in [3.63, 3.8) is 0 Å². The first-order chi connectivity index (χ1) is 26.0. The molecule has 7 heteroatoms. The van der Waals surface area contributed by atoms with Crippen LogP contribution in [0, 0.1) is 92.7 Å². The fourth-order valence-electron chi connectivity index (χ4n) is 17.8. The molecule has 0 radical (unpaired) electrons. The third kappa shape index (κ3) is 6.50. The Balaban J connectivity index is 0.846. The summed E-state index contributed by atoms with van der Waals surface area (Å²) in [6.45, 7) is 14.3. The third-order valence-corrected chi connectivity index (χ3v) is 20.9. The number of hydrogen-bond donors (Lipinski definition) is 4. The van der Waals surface area contributed by atoms with Crippen molar-refractivity contribution in [2.75, 3.05) is 0 Å². The van der Waals surface area contributed by atoms with Crippen LogP contribution in [0.15, 0.2) is 0 Å². The average Bonchev–Trinajstić information content (AvgIpc) is 3.70. The van der Waals surface area contributed by atoms with E-state index in [1.54, 1.807) is 0 Å². The van der Waals surface area contributed by atoms with Crippen molar-refractivity contribution in [2.45, 2.75) is 194 Å². The second-order valence-electron chi connectivity index (χ2n) is 22.7. The molecule has 0 aliphatic heterocycles. The topological polar surface area (TPSA) is 124 Å². The molecule has 0 bridgehead atoms. The summed E-state index contributed by atoms with van der Waals surface area (Å²) in [7, 11) is 0. The predicted octanol–water partition coefficient (Wildman–Crippen LogP) is 9.44. The molecule has 20 atom stereocenters. The number of carboxylic acids is 1. The molecule has 0 saturated heterocycles. The van der Waals surface area contributed by atoms with Crippen LogP contribution in [0.5, 0.6) is 0 Å². The fraction of sp³-hybridized carbons (Fsp3) is 0.958. The molecule has 0 amide bonds. The van der Waals surface area contributed by atoms with Gasteiger partial charge in [0.15, 0.2) is 0 Å². The Hall–Kier alpha value is -1.18. The number of esters is 1. The second kappa shape index (κ2) is 14.8. The van der Waals surface area contributed by atoms with Gasteiger partial charge in [-0.15, -0.1) is 0 Å². The molecule has 3 unspecified atom stereocenters. The van der Waals surface area contributed by atoms with Gasteiger partial charge in [-0.3, -0.25) is 9.59 Å². The molecule has 8 rings (SSSR count). The zero-order valence-electron chi connectivity index (χ0n) is 35.4. The summed E-state index contributed by atoms with van der Waals surface area (Å²) >= 11 is 0. The van der Waals surface area contributed by atoms with Crippen LogP contribution in [0.1, 0.15) is 170 Å². The lowest BCUT2D eigenvalue weighted by Crippen LogP contribution is -2.59. The fourth-order valence-corrected chi connectivity index (χ4v) is 17.8. The smallest absolute Gasteiger partial charge is 0.306 e.